The van der Waals surface area contributed by atoms with E-state index in [0.29, 0.717) is 0 Å². The largest absolute Gasteiger partial charge is 0.456 e. The highest BCUT2D eigenvalue weighted by molar-refractivity contribution is 6.26. The van der Waals surface area contributed by atoms with E-state index in [1.54, 1.807) is 0 Å². The summed E-state index contributed by atoms with van der Waals surface area (Å²) in [7, 11) is 0. The van der Waals surface area contributed by atoms with Crippen LogP contribution in [0.2, 0.25) is 0 Å². The summed E-state index contributed by atoms with van der Waals surface area (Å²) in [6, 6.07) is 68.6. The fourth-order valence-corrected chi connectivity index (χ4v) is 9.24. The molecule has 0 spiro atoms. The zero-order valence-electron chi connectivity index (χ0n) is 29.3. The van der Waals surface area contributed by atoms with E-state index in [0.717, 1.165) is 21.9 Å². The Bertz CT molecular complexity index is 3450. The maximum atomic E-state index is 6.58. The summed E-state index contributed by atoms with van der Waals surface area (Å²) in [4.78, 5) is 0. The number of para-hydroxylation sites is 1. The highest BCUT2D eigenvalue weighted by Crippen LogP contribution is 2.48. The number of furan rings is 1. The van der Waals surface area contributed by atoms with Gasteiger partial charge in [0.1, 0.15) is 11.2 Å². The van der Waals surface area contributed by atoms with Crippen LogP contribution in [-0.4, -0.2) is 4.57 Å². The van der Waals surface area contributed by atoms with Crippen molar-refractivity contribution in [3.63, 3.8) is 0 Å². The SMILES string of the molecule is c1ccc2cc3c(cc2c1)oc1cccc(-c2c4ccccc4c(-c4ccc5c6ccccc6n(-c6cccc7ccccc67)c5c4)c4ccccc24)c13. The third-order valence-corrected chi connectivity index (χ3v) is 11.5. The highest BCUT2D eigenvalue weighted by Gasteiger charge is 2.22. The van der Waals surface area contributed by atoms with Gasteiger partial charge < -0.3 is 8.98 Å². The molecule has 0 saturated carbocycles. The Morgan fingerprint density at radius 3 is 1.67 bits per heavy atom. The Labute approximate surface area is 310 Å². The molecule has 0 fully saturated rings. The lowest BCUT2D eigenvalue weighted by Gasteiger charge is -2.18. The Morgan fingerprint density at radius 2 is 0.907 bits per heavy atom. The maximum Gasteiger partial charge on any atom is 0.136 e. The van der Waals surface area contributed by atoms with Crippen LogP contribution >= 0.6 is 0 Å². The summed E-state index contributed by atoms with van der Waals surface area (Å²) in [5, 5.41) is 14.6. The fourth-order valence-electron chi connectivity index (χ4n) is 9.24. The van der Waals surface area contributed by atoms with E-state index in [1.165, 1.54) is 92.8 Å². The molecule has 2 nitrogen and oxygen atoms in total. The molecular formula is C52H31NO. The molecular weight excluding hydrogens is 655 g/mol. The van der Waals surface area contributed by atoms with E-state index in [-0.39, 0.29) is 0 Å². The molecule has 0 aliphatic heterocycles. The van der Waals surface area contributed by atoms with Crippen LogP contribution in [0.1, 0.15) is 0 Å². The molecule has 12 aromatic rings. The van der Waals surface area contributed by atoms with E-state index < -0.39 is 0 Å². The van der Waals surface area contributed by atoms with Crippen LogP contribution in [0.4, 0.5) is 0 Å². The van der Waals surface area contributed by atoms with Crippen molar-refractivity contribution in [2.24, 2.45) is 0 Å². The minimum Gasteiger partial charge on any atom is -0.456 e. The van der Waals surface area contributed by atoms with E-state index in [9.17, 15) is 0 Å². The molecule has 0 N–H and O–H groups in total. The van der Waals surface area contributed by atoms with Crippen LogP contribution in [0, 0.1) is 0 Å². The first kappa shape index (κ1) is 29.4. The Hall–Kier alpha value is -7.16. The van der Waals surface area contributed by atoms with Gasteiger partial charge in [0.15, 0.2) is 0 Å². The second-order valence-electron chi connectivity index (χ2n) is 14.4. The predicted octanol–water partition coefficient (Wildman–Crippen LogP) is 14.6. The first-order valence-electron chi connectivity index (χ1n) is 18.6. The van der Waals surface area contributed by atoms with Gasteiger partial charge in [0, 0.05) is 26.9 Å². The number of hydrogen-bond donors (Lipinski definition) is 0. The van der Waals surface area contributed by atoms with Crippen LogP contribution in [0.15, 0.2) is 192 Å². The van der Waals surface area contributed by atoms with Crippen molar-refractivity contribution in [3.05, 3.63) is 188 Å². The third kappa shape index (κ3) is 4.11. The van der Waals surface area contributed by atoms with Crippen LogP contribution < -0.4 is 0 Å². The van der Waals surface area contributed by atoms with Gasteiger partial charge in [-0.1, -0.05) is 152 Å². The summed E-state index contributed by atoms with van der Waals surface area (Å²) in [6.07, 6.45) is 0. The molecule has 0 amide bonds. The normalized spacial score (nSPS) is 12.1. The molecule has 0 unspecified atom stereocenters. The molecule has 12 rings (SSSR count). The Morgan fingerprint density at radius 1 is 0.333 bits per heavy atom. The summed E-state index contributed by atoms with van der Waals surface area (Å²) < 4.78 is 9.04. The van der Waals surface area contributed by atoms with Crippen molar-refractivity contribution in [3.8, 4) is 27.9 Å². The minimum absolute atomic E-state index is 0.904. The van der Waals surface area contributed by atoms with Gasteiger partial charge in [-0.15, -0.1) is 0 Å². The summed E-state index contributed by atoms with van der Waals surface area (Å²) in [5.74, 6) is 0. The Balaban J connectivity index is 1.18. The second-order valence-corrected chi connectivity index (χ2v) is 14.4. The van der Waals surface area contributed by atoms with E-state index in [1.807, 2.05) is 0 Å². The Kier molecular flexibility index (Phi) is 6.09. The van der Waals surface area contributed by atoms with Crippen molar-refractivity contribution >= 4 is 86.8 Å². The average Bonchev–Trinajstić information content (AvgIpc) is 3.76. The van der Waals surface area contributed by atoms with Gasteiger partial charge in [-0.3, -0.25) is 0 Å². The van der Waals surface area contributed by atoms with Crippen molar-refractivity contribution in [1.29, 1.82) is 0 Å². The van der Waals surface area contributed by atoms with Crippen molar-refractivity contribution in [1.82, 2.24) is 4.57 Å². The quantitative estimate of drug-likeness (QED) is 0.169. The molecule has 10 aromatic carbocycles. The van der Waals surface area contributed by atoms with Gasteiger partial charge in [-0.2, -0.15) is 0 Å². The maximum absolute atomic E-state index is 6.58. The lowest BCUT2D eigenvalue weighted by molar-refractivity contribution is 0.669. The van der Waals surface area contributed by atoms with Gasteiger partial charge in [-0.25, -0.2) is 0 Å². The molecule has 0 atom stereocenters. The van der Waals surface area contributed by atoms with E-state index in [4.69, 9.17) is 4.42 Å². The van der Waals surface area contributed by atoms with Crippen LogP contribution in [0.3, 0.4) is 0 Å². The first-order chi connectivity index (χ1) is 26.8. The number of rotatable bonds is 3. The highest BCUT2D eigenvalue weighted by atomic mass is 16.3. The van der Waals surface area contributed by atoms with E-state index >= 15 is 0 Å². The molecule has 250 valence electrons. The standard InChI is InChI=1S/C52H31NO/c1-2-15-34-31-49-44(29-33(34)14-1)52-43(23-12-26-48(52)54-49)51-41-21-7-5-19-39(41)50(40-20-6-8-22-42(40)51)35-27-28-38-37-18-9-10-24-46(37)53(47(38)30-35)45-25-11-16-32-13-3-4-17-36(32)45/h1-31H. The van der Waals surface area contributed by atoms with Gasteiger partial charge >= 0.3 is 0 Å². The number of nitrogens with zero attached hydrogens (tertiary/aromatic N) is 1. The first-order valence-corrected chi connectivity index (χ1v) is 18.6. The van der Waals surface area contributed by atoms with Crippen LogP contribution in [0.25, 0.3) is 115 Å². The molecule has 0 bridgehead atoms. The van der Waals surface area contributed by atoms with Crippen molar-refractivity contribution < 1.29 is 4.42 Å². The molecule has 2 aromatic heterocycles. The minimum atomic E-state index is 0.904. The zero-order chi connectivity index (χ0) is 35.3. The molecule has 0 aliphatic rings. The molecule has 0 saturated heterocycles. The van der Waals surface area contributed by atoms with Gasteiger partial charge in [0.2, 0.25) is 0 Å². The van der Waals surface area contributed by atoms with Crippen LogP contribution in [-0.2, 0) is 0 Å². The number of benzene rings is 10. The summed E-state index contributed by atoms with van der Waals surface area (Å²) in [6.45, 7) is 0. The third-order valence-electron chi connectivity index (χ3n) is 11.5. The zero-order valence-corrected chi connectivity index (χ0v) is 29.3. The summed E-state index contributed by atoms with van der Waals surface area (Å²) >= 11 is 0. The predicted molar refractivity (Wildman–Crippen MR) is 229 cm³/mol. The van der Waals surface area contributed by atoms with Gasteiger partial charge in [0.05, 0.1) is 16.7 Å². The lowest BCUT2D eigenvalue weighted by atomic mass is 9.84. The fraction of sp³-hybridized carbons (Fsp3) is 0. The average molecular weight is 686 g/mol. The molecule has 0 aliphatic carbocycles. The molecule has 0 radical (unpaired) electrons. The number of fused-ring (bicyclic) bond motifs is 10. The van der Waals surface area contributed by atoms with Crippen molar-refractivity contribution in [2.75, 3.05) is 0 Å². The van der Waals surface area contributed by atoms with E-state index in [2.05, 4.69) is 193 Å². The van der Waals surface area contributed by atoms with Crippen molar-refractivity contribution in [2.45, 2.75) is 0 Å². The second kappa shape index (κ2) is 11.2. The van der Waals surface area contributed by atoms with Gasteiger partial charge in [-0.05, 0) is 96.4 Å². The molecule has 54 heavy (non-hydrogen) atoms. The molecule has 2 heteroatoms. The van der Waals surface area contributed by atoms with Gasteiger partial charge in [0.25, 0.3) is 0 Å². The summed E-state index contributed by atoms with van der Waals surface area (Å²) in [5.41, 5.74) is 10.3. The number of hydrogen-bond acceptors (Lipinski definition) is 1. The number of aromatic nitrogens is 1. The van der Waals surface area contributed by atoms with Crippen LogP contribution in [0.5, 0.6) is 0 Å². The smallest absolute Gasteiger partial charge is 0.136 e. The monoisotopic (exact) mass is 685 g/mol. The topological polar surface area (TPSA) is 18.1 Å². The lowest BCUT2D eigenvalue weighted by Crippen LogP contribution is -1.96. The molecule has 2 heterocycles.